The van der Waals surface area contributed by atoms with Crippen LogP contribution in [0.3, 0.4) is 0 Å². The molecule has 1 heteroatoms. The fraction of sp³-hybridized carbons (Fsp3) is 0.750. The van der Waals surface area contributed by atoms with Crippen LogP contribution in [-0.2, 0) is 4.74 Å². The zero-order chi connectivity index (χ0) is 6.53. The summed E-state index contributed by atoms with van der Waals surface area (Å²) in [6, 6.07) is 0. The summed E-state index contributed by atoms with van der Waals surface area (Å²) < 4.78 is 5.40. The number of ether oxygens (including phenoxy) is 1. The first-order valence-corrected chi connectivity index (χ1v) is 3.71. The number of rotatable bonds is 2. The lowest BCUT2D eigenvalue weighted by Crippen LogP contribution is -2.11. The van der Waals surface area contributed by atoms with Gasteiger partial charge in [-0.15, -0.1) is 0 Å². The average Bonchev–Trinajstić information content (AvgIpc) is 1.91. The maximum absolute atomic E-state index is 5.40. The highest BCUT2D eigenvalue weighted by Gasteiger charge is 2.05. The average molecular weight is 126 g/mol. The summed E-state index contributed by atoms with van der Waals surface area (Å²) >= 11 is 0. The maximum Gasteiger partial charge on any atom is 0.0755 e. The minimum Gasteiger partial charge on any atom is -0.374 e. The number of hydrogen-bond donors (Lipinski definition) is 0. The summed E-state index contributed by atoms with van der Waals surface area (Å²) in [5.41, 5.74) is 0. The van der Waals surface area contributed by atoms with Crippen molar-refractivity contribution in [2.45, 2.75) is 32.3 Å². The van der Waals surface area contributed by atoms with Gasteiger partial charge in [-0.3, -0.25) is 0 Å². The van der Waals surface area contributed by atoms with Crippen LogP contribution in [0.4, 0.5) is 0 Å². The molecule has 0 saturated carbocycles. The third kappa shape index (κ3) is 2.19. The van der Waals surface area contributed by atoms with Crippen LogP contribution in [0.25, 0.3) is 0 Å². The molecule has 1 nitrogen and oxygen atoms in total. The van der Waals surface area contributed by atoms with E-state index in [1.54, 1.807) is 0 Å². The lowest BCUT2D eigenvalue weighted by atomic mass is 10.1. The monoisotopic (exact) mass is 126 g/mol. The molecule has 0 radical (unpaired) electrons. The van der Waals surface area contributed by atoms with E-state index in [9.17, 15) is 0 Å². The van der Waals surface area contributed by atoms with Gasteiger partial charge in [0.1, 0.15) is 0 Å². The Morgan fingerprint density at radius 1 is 1.67 bits per heavy atom. The van der Waals surface area contributed by atoms with Gasteiger partial charge in [0, 0.05) is 6.61 Å². The molecule has 0 aliphatic heterocycles. The summed E-state index contributed by atoms with van der Waals surface area (Å²) in [6.07, 6.45) is 8.55. The highest BCUT2D eigenvalue weighted by atomic mass is 16.5. The van der Waals surface area contributed by atoms with Crippen LogP contribution in [0.1, 0.15) is 26.2 Å². The lowest BCUT2D eigenvalue weighted by Gasteiger charge is -2.15. The van der Waals surface area contributed by atoms with Crippen LogP contribution in [0, 0.1) is 0 Å². The molecule has 0 saturated heterocycles. The molecular formula is C8H14O. The minimum absolute atomic E-state index is 0.420. The van der Waals surface area contributed by atoms with Crippen molar-refractivity contribution in [2.24, 2.45) is 0 Å². The fourth-order valence-electron chi connectivity index (χ4n) is 1.13. The van der Waals surface area contributed by atoms with Gasteiger partial charge < -0.3 is 4.74 Å². The second-order valence-electron chi connectivity index (χ2n) is 2.35. The Morgan fingerprint density at radius 3 is 3.11 bits per heavy atom. The number of hydrogen-bond acceptors (Lipinski definition) is 1. The first-order chi connectivity index (χ1) is 4.43. The van der Waals surface area contributed by atoms with E-state index < -0.39 is 0 Å². The molecule has 0 fully saturated rings. The van der Waals surface area contributed by atoms with Gasteiger partial charge in [0.2, 0.25) is 0 Å². The van der Waals surface area contributed by atoms with Crippen molar-refractivity contribution in [2.75, 3.05) is 6.61 Å². The topological polar surface area (TPSA) is 9.23 Å². The molecule has 9 heavy (non-hydrogen) atoms. The Balaban J connectivity index is 2.23. The molecular weight excluding hydrogens is 112 g/mol. The molecule has 0 bridgehead atoms. The first kappa shape index (κ1) is 6.81. The van der Waals surface area contributed by atoms with Gasteiger partial charge in [0.05, 0.1) is 6.10 Å². The molecule has 0 N–H and O–H groups in total. The van der Waals surface area contributed by atoms with E-state index in [1.165, 1.54) is 19.3 Å². The molecule has 1 aliphatic carbocycles. The van der Waals surface area contributed by atoms with Gasteiger partial charge in [-0.2, -0.15) is 0 Å². The van der Waals surface area contributed by atoms with Crippen molar-refractivity contribution < 1.29 is 4.74 Å². The third-order valence-corrected chi connectivity index (χ3v) is 1.59. The predicted molar refractivity (Wildman–Crippen MR) is 38.4 cm³/mol. The van der Waals surface area contributed by atoms with Crippen molar-refractivity contribution >= 4 is 0 Å². The lowest BCUT2D eigenvalue weighted by molar-refractivity contribution is 0.0859. The maximum atomic E-state index is 5.40. The van der Waals surface area contributed by atoms with Gasteiger partial charge >= 0.3 is 0 Å². The molecule has 0 aromatic rings. The summed E-state index contributed by atoms with van der Waals surface area (Å²) in [5, 5.41) is 0. The van der Waals surface area contributed by atoms with Crippen LogP contribution in [0.5, 0.6) is 0 Å². The van der Waals surface area contributed by atoms with Gasteiger partial charge in [0.15, 0.2) is 0 Å². The van der Waals surface area contributed by atoms with Crippen molar-refractivity contribution in [3.8, 4) is 0 Å². The molecule has 1 atom stereocenters. The smallest absolute Gasteiger partial charge is 0.0755 e. The molecule has 0 amide bonds. The van der Waals surface area contributed by atoms with Crippen molar-refractivity contribution in [3.05, 3.63) is 12.2 Å². The van der Waals surface area contributed by atoms with Crippen LogP contribution < -0.4 is 0 Å². The second-order valence-corrected chi connectivity index (χ2v) is 2.35. The fourth-order valence-corrected chi connectivity index (χ4v) is 1.13. The molecule has 1 rings (SSSR count). The molecule has 0 heterocycles. The minimum atomic E-state index is 0.420. The standard InChI is InChI=1S/C8H14O/c1-2-9-8-6-4-3-5-7-8/h4,6,8H,2-3,5,7H2,1H3/t8-/m0/s1. The van der Waals surface area contributed by atoms with Crippen LogP contribution in [-0.4, -0.2) is 12.7 Å². The van der Waals surface area contributed by atoms with E-state index in [0.717, 1.165) is 6.61 Å². The summed E-state index contributed by atoms with van der Waals surface area (Å²) in [7, 11) is 0. The van der Waals surface area contributed by atoms with Gasteiger partial charge in [0.25, 0.3) is 0 Å². The van der Waals surface area contributed by atoms with Crippen molar-refractivity contribution in [3.63, 3.8) is 0 Å². The zero-order valence-corrected chi connectivity index (χ0v) is 5.97. The highest BCUT2D eigenvalue weighted by molar-refractivity contribution is 4.93. The van der Waals surface area contributed by atoms with Crippen LogP contribution in [0.2, 0.25) is 0 Å². The van der Waals surface area contributed by atoms with E-state index in [2.05, 4.69) is 12.2 Å². The van der Waals surface area contributed by atoms with E-state index >= 15 is 0 Å². The van der Waals surface area contributed by atoms with Gasteiger partial charge in [-0.25, -0.2) is 0 Å². The third-order valence-electron chi connectivity index (χ3n) is 1.59. The summed E-state index contributed by atoms with van der Waals surface area (Å²) in [4.78, 5) is 0. The molecule has 0 unspecified atom stereocenters. The van der Waals surface area contributed by atoms with Gasteiger partial charge in [-0.05, 0) is 26.2 Å². The quantitative estimate of drug-likeness (QED) is 0.515. The Bertz CT molecular complexity index is 96.7. The second kappa shape index (κ2) is 3.67. The highest BCUT2D eigenvalue weighted by Crippen LogP contribution is 2.12. The van der Waals surface area contributed by atoms with E-state index in [1.807, 2.05) is 6.92 Å². The molecule has 0 aromatic carbocycles. The molecule has 52 valence electrons. The summed E-state index contributed by atoms with van der Waals surface area (Å²) in [6.45, 7) is 2.89. The predicted octanol–water partition coefficient (Wildman–Crippen LogP) is 2.13. The molecule has 0 aromatic heterocycles. The number of allylic oxidation sites excluding steroid dienone is 1. The van der Waals surface area contributed by atoms with Gasteiger partial charge in [-0.1, -0.05) is 12.2 Å². The van der Waals surface area contributed by atoms with E-state index in [4.69, 9.17) is 4.74 Å². The van der Waals surface area contributed by atoms with Crippen LogP contribution >= 0.6 is 0 Å². The molecule has 1 aliphatic rings. The Hall–Kier alpha value is -0.300. The normalized spacial score (nSPS) is 26.6. The SMILES string of the molecule is CCO[C@H]1C=CCCC1. The Labute approximate surface area is 56.7 Å². The van der Waals surface area contributed by atoms with E-state index in [-0.39, 0.29) is 0 Å². The summed E-state index contributed by atoms with van der Waals surface area (Å²) in [5.74, 6) is 0. The largest absolute Gasteiger partial charge is 0.374 e. The van der Waals surface area contributed by atoms with Crippen molar-refractivity contribution in [1.82, 2.24) is 0 Å². The first-order valence-electron chi connectivity index (χ1n) is 3.71. The van der Waals surface area contributed by atoms with Crippen LogP contribution in [0.15, 0.2) is 12.2 Å². The Morgan fingerprint density at radius 2 is 2.56 bits per heavy atom. The zero-order valence-electron chi connectivity index (χ0n) is 5.97. The van der Waals surface area contributed by atoms with E-state index in [0.29, 0.717) is 6.10 Å². The molecule has 0 spiro atoms. The Kier molecular flexibility index (Phi) is 2.78. The van der Waals surface area contributed by atoms with Crippen molar-refractivity contribution in [1.29, 1.82) is 0 Å².